The van der Waals surface area contributed by atoms with Crippen LogP contribution in [0.2, 0.25) is 0 Å². The van der Waals surface area contributed by atoms with Crippen LogP contribution in [0.3, 0.4) is 0 Å². The fraction of sp³-hybridized carbons (Fsp3) is 0.474. The Hall–Kier alpha value is -2.50. The van der Waals surface area contributed by atoms with E-state index in [1.165, 1.54) is 0 Å². The number of aromatic nitrogens is 3. The first kappa shape index (κ1) is 17.3. The number of nitrogens with zero attached hydrogens (tertiary/aromatic N) is 4. The van der Waals surface area contributed by atoms with Crippen molar-refractivity contribution in [3.8, 4) is 0 Å². The van der Waals surface area contributed by atoms with Crippen LogP contribution in [-0.4, -0.2) is 33.9 Å². The maximum atomic E-state index is 12.7. The van der Waals surface area contributed by atoms with Crippen LogP contribution in [0.5, 0.6) is 0 Å². The van der Waals surface area contributed by atoms with Crippen LogP contribution in [0.4, 0.5) is 11.6 Å². The minimum absolute atomic E-state index is 0.0339. The molecule has 0 unspecified atom stereocenters. The number of nitrogens with one attached hydrogen (secondary N) is 1. The van der Waals surface area contributed by atoms with E-state index in [9.17, 15) is 4.79 Å². The van der Waals surface area contributed by atoms with E-state index in [0.717, 1.165) is 47.8 Å². The smallest absolute Gasteiger partial charge is 0.230 e. The van der Waals surface area contributed by atoms with Gasteiger partial charge in [0.1, 0.15) is 17.5 Å². The second kappa shape index (κ2) is 7.17. The Balaban J connectivity index is 1.75. The van der Waals surface area contributed by atoms with Gasteiger partial charge in [0.2, 0.25) is 5.91 Å². The minimum Gasteiger partial charge on any atom is -0.355 e. The third-order valence-corrected chi connectivity index (χ3v) is 4.82. The lowest BCUT2D eigenvalue weighted by molar-refractivity contribution is -0.120. The molecule has 25 heavy (non-hydrogen) atoms. The Morgan fingerprint density at radius 3 is 2.80 bits per heavy atom. The molecule has 1 N–H and O–H groups in total. The Bertz CT molecular complexity index is 789. The number of hydrogen-bond acceptors (Lipinski definition) is 5. The molecule has 1 saturated heterocycles. The summed E-state index contributed by atoms with van der Waals surface area (Å²) in [6, 6.07) is 3.82. The van der Waals surface area contributed by atoms with Crippen molar-refractivity contribution in [2.24, 2.45) is 5.92 Å². The summed E-state index contributed by atoms with van der Waals surface area (Å²) >= 11 is 0. The molecule has 1 aliphatic rings. The standard InChI is InChI=1S/C19H25N5O/c1-12-7-5-9-20-17(12)23-19(25)16-8-6-10-24(11-16)18-13(2)14(3)21-15(4)22-18/h5,7,9,16H,6,8,10-11H2,1-4H3,(H,20,23,25)/t16-/m1/s1. The molecule has 1 atom stereocenters. The topological polar surface area (TPSA) is 71.0 Å². The molecule has 3 rings (SSSR count). The lowest BCUT2D eigenvalue weighted by Crippen LogP contribution is -2.41. The minimum atomic E-state index is -0.0647. The molecule has 0 spiro atoms. The summed E-state index contributed by atoms with van der Waals surface area (Å²) in [6.45, 7) is 9.51. The van der Waals surface area contributed by atoms with Crippen molar-refractivity contribution in [2.45, 2.75) is 40.5 Å². The molecular weight excluding hydrogens is 314 g/mol. The van der Waals surface area contributed by atoms with Crippen LogP contribution in [0.1, 0.15) is 35.5 Å². The van der Waals surface area contributed by atoms with Gasteiger partial charge in [0.15, 0.2) is 0 Å². The zero-order valence-electron chi connectivity index (χ0n) is 15.3. The third-order valence-electron chi connectivity index (χ3n) is 4.82. The maximum absolute atomic E-state index is 12.7. The summed E-state index contributed by atoms with van der Waals surface area (Å²) in [5.74, 6) is 2.34. The number of piperidine rings is 1. The van der Waals surface area contributed by atoms with Crippen LogP contribution in [0.25, 0.3) is 0 Å². The number of anilines is 2. The number of rotatable bonds is 3. The van der Waals surface area contributed by atoms with E-state index in [2.05, 4.69) is 25.2 Å². The van der Waals surface area contributed by atoms with E-state index in [1.807, 2.05) is 39.8 Å². The Kier molecular flexibility index (Phi) is 4.97. The first-order valence-electron chi connectivity index (χ1n) is 8.75. The van der Waals surface area contributed by atoms with Crippen LogP contribution in [-0.2, 0) is 4.79 Å². The van der Waals surface area contributed by atoms with Gasteiger partial charge in [-0.2, -0.15) is 0 Å². The molecule has 132 valence electrons. The highest BCUT2D eigenvalue weighted by atomic mass is 16.2. The quantitative estimate of drug-likeness (QED) is 0.931. The molecular formula is C19H25N5O. The average molecular weight is 339 g/mol. The number of aryl methyl sites for hydroxylation is 3. The molecule has 0 bridgehead atoms. The predicted molar refractivity (Wildman–Crippen MR) is 98.8 cm³/mol. The van der Waals surface area contributed by atoms with Crippen molar-refractivity contribution >= 4 is 17.5 Å². The van der Waals surface area contributed by atoms with Crippen molar-refractivity contribution in [3.63, 3.8) is 0 Å². The maximum Gasteiger partial charge on any atom is 0.230 e. The van der Waals surface area contributed by atoms with Gasteiger partial charge in [-0.25, -0.2) is 15.0 Å². The van der Waals surface area contributed by atoms with Crippen LogP contribution >= 0.6 is 0 Å². The van der Waals surface area contributed by atoms with Gasteiger partial charge in [-0.15, -0.1) is 0 Å². The van der Waals surface area contributed by atoms with Gasteiger partial charge in [-0.1, -0.05) is 6.07 Å². The molecule has 2 aromatic rings. The monoisotopic (exact) mass is 339 g/mol. The Morgan fingerprint density at radius 1 is 1.24 bits per heavy atom. The van der Waals surface area contributed by atoms with Gasteiger partial charge < -0.3 is 10.2 Å². The number of amides is 1. The Morgan fingerprint density at radius 2 is 2.04 bits per heavy atom. The first-order chi connectivity index (χ1) is 12.0. The number of carbonyl (C=O) groups excluding carboxylic acids is 1. The summed E-state index contributed by atoms with van der Waals surface area (Å²) in [5, 5.41) is 2.98. The molecule has 0 saturated carbocycles. The summed E-state index contributed by atoms with van der Waals surface area (Å²) in [5.41, 5.74) is 3.06. The summed E-state index contributed by atoms with van der Waals surface area (Å²) in [4.78, 5) is 28.2. The highest BCUT2D eigenvalue weighted by molar-refractivity contribution is 5.92. The molecule has 3 heterocycles. The zero-order valence-corrected chi connectivity index (χ0v) is 15.3. The van der Waals surface area contributed by atoms with Crippen molar-refractivity contribution in [1.82, 2.24) is 15.0 Å². The molecule has 0 aliphatic carbocycles. The van der Waals surface area contributed by atoms with E-state index < -0.39 is 0 Å². The van der Waals surface area contributed by atoms with Gasteiger partial charge in [0.05, 0.1) is 5.92 Å². The van der Waals surface area contributed by atoms with Gasteiger partial charge in [0.25, 0.3) is 0 Å². The normalized spacial score (nSPS) is 17.4. The summed E-state index contributed by atoms with van der Waals surface area (Å²) < 4.78 is 0. The fourth-order valence-corrected chi connectivity index (χ4v) is 3.28. The molecule has 6 nitrogen and oxygen atoms in total. The largest absolute Gasteiger partial charge is 0.355 e. The number of pyridine rings is 1. The third kappa shape index (κ3) is 3.78. The number of hydrogen-bond donors (Lipinski definition) is 1. The highest BCUT2D eigenvalue weighted by Gasteiger charge is 2.28. The van der Waals surface area contributed by atoms with Crippen molar-refractivity contribution in [3.05, 3.63) is 41.0 Å². The van der Waals surface area contributed by atoms with Gasteiger partial charge >= 0.3 is 0 Å². The van der Waals surface area contributed by atoms with E-state index >= 15 is 0 Å². The molecule has 0 radical (unpaired) electrons. The number of carbonyl (C=O) groups is 1. The highest BCUT2D eigenvalue weighted by Crippen LogP contribution is 2.26. The predicted octanol–water partition coefficient (Wildman–Crippen LogP) is 2.96. The van der Waals surface area contributed by atoms with E-state index in [0.29, 0.717) is 12.4 Å². The second-order valence-electron chi connectivity index (χ2n) is 6.75. The summed E-state index contributed by atoms with van der Waals surface area (Å²) in [6.07, 6.45) is 3.56. The molecule has 1 fully saturated rings. The second-order valence-corrected chi connectivity index (χ2v) is 6.75. The Labute approximate surface area is 148 Å². The van der Waals surface area contributed by atoms with E-state index in [-0.39, 0.29) is 11.8 Å². The van der Waals surface area contributed by atoms with Crippen molar-refractivity contribution < 1.29 is 4.79 Å². The first-order valence-corrected chi connectivity index (χ1v) is 8.75. The molecule has 0 aromatic carbocycles. The lowest BCUT2D eigenvalue weighted by Gasteiger charge is -2.34. The lowest BCUT2D eigenvalue weighted by atomic mass is 9.96. The van der Waals surface area contributed by atoms with E-state index in [1.54, 1.807) is 6.20 Å². The van der Waals surface area contributed by atoms with Crippen LogP contribution < -0.4 is 10.2 Å². The average Bonchev–Trinajstić information content (AvgIpc) is 2.60. The molecule has 2 aromatic heterocycles. The SMILES string of the molecule is Cc1nc(C)c(C)c(N2CCC[C@@H](C(=O)Nc3ncccc3C)C2)n1. The van der Waals surface area contributed by atoms with Gasteiger partial charge in [-0.3, -0.25) is 4.79 Å². The molecule has 1 amide bonds. The summed E-state index contributed by atoms with van der Waals surface area (Å²) in [7, 11) is 0. The zero-order chi connectivity index (χ0) is 18.0. The van der Waals surface area contributed by atoms with Crippen molar-refractivity contribution in [1.29, 1.82) is 0 Å². The van der Waals surface area contributed by atoms with Crippen LogP contribution in [0.15, 0.2) is 18.3 Å². The molecule has 6 heteroatoms. The van der Waals surface area contributed by atoms with Gasteiger partial charge in [-0.05, 0) is 52.2 Å². The van der Waals surface area contributed by atoms with E-state index in [4.69, 9.17) is 0 Å². The van der Waals surface area contributed by atoms with Gasteiger partial charge in [0, 0.05) is 30.5 Å². The fourth-order valence-electron chi connectivity index (χ4n) is 3.28. The van der Waals surface area contributed by atoms with Crippen molar-refractivity contribution in [2.75, 3.05) is 23.3 Å². The van der Waals surface area contributed by atoms with Crippen LogP contribution in [0, 0.1) is 33.6 Å². The molecule has 1 aliphatic heterocycles.